The Kier molecular flexibility index (Phi) is 6.75. The third-order valence-electron chi connectivity index (χ3n) is 8.07. The number of imide groups is 2. The fraction of sp³-hybridized carbons (Fsp3) is 0.414. The van der Waals surface area contributed by atoms with Crippen LogP contribution in [-0.2, 0) is 14.3 Å². The second-order valence-corrected chi connectivity index (χ2v) is 10.7. The molecule has 6 rings (SSSR count). The van der Waals surface area contributed by atoms with Crippen LogP contribution in [0.2, 0.25) is 0 Å². The molecule has 0 bridgehead atoms. The normalized spacial score (nSPS) is 24.9. The first-order valence-electron chi connectivity index (χ1n) is 13.5. The SMILES string of the molecule is O=C1CCC(N2C(=O)c3ccc(OC4CC(OC5CCN(c6ccc(C(=O)O)cc6)CC5)C4)cc3C2=O)C(=O)N1. The van der Waals surface area contributed by atoms with E-state index in [0.717, 1.165) is 49.4 Å². The minimum Gasteiger partial charge on any atom is -0.490 e. The number of amides is 4. The average molecular weight is 548 g/mol. The first-order chi connectivity index (χ1) is 19.3. The van der Waals surface area contributed by atoms with E-state index in [-0.39, 0.29) is 47.8 Å². The quantitative estimate of drug-likeness (QED) is 0.500. The molecule has 2 aromatic carbocycles. The van der Waals surface area contributed by atoms with Gasteiger partial charge in [-0.1, -0.05) is 0 Å². The van der Waals surface area contributed by atoms with E-state index in [1.54, 1.807) is 30.3 Å². The highest BCUT2D eigenvalue weighted by molar-refractivity contribution is 6.23. The van der Waals surface area contributed by atoms with Crippen molar-refractivity contribution in [3.8, 4) is 5.75 Å². The predicted molar refractivity (Wildman–Crippen MR) is 140 cm³/mol. The van der Waals surface area contributed by atoms with Gasteiger partial charge in [0.25, 0.3) is 11.8 Å². The molecule has 1 atom stereocenters. The summed E-state index contributed by atoms with van der Waals surface area (Å²) in [6.45, 7) is 1.67. The van der Waals surface area contributed by atoms with E-state index < -0.39 is 35.6 Å². The summed E-state index contributed by atoms with van der Waals surface area (Å²) in [5.74, 6) is -2.59. The number of aromatic carboxylic acids is 1. The Hall–Kier alpha value is -4.25. The summed E-state index contributed by atoms with van der Waals surface area (Å²) in [6, 6.07) is 10.7. The van der Waals surface area contributed by atoms with E-state index in [0.29, 0.717) is 5.75 Å². The molecule has 40 heavy (non-hydrogen) atoms. The number of ether oxygens (including phenoxy) is 2. The van der Waals surface area contributed by atoms with Gasteiger partial charge in [-0.05, 0) is 61.7 Å². The zero-order chi connectivity index (χ0) is 28.0. The average Bonchev–Trinajstić information content (AvgIpc) is 3.17. The number of carboxylic acid groups (broad SMARTS) is 1. The number of carbonyl (C=O) groups excluding carboxylic acids is 4. The number of nitrogens with one attached hydrogen (secondary N) is 1. The number of carbonyl (C=O) groups is 5. The van der Waals surface area contributed by atoms with Gasteiger partial charge >= 0.3 is 5.97 Å². The van der Waals surface area contributed by atoms with Crippen LogP contribution in [0.15, 0.2) is 42.5 Å². The van der Waals surface area contributed by atoms with E-state index in [2.05, 4.69) is 10.2 Å². The molecule has 3 aliphatic heterocycles. The van der Waals surface area contributed by atoms with Crippen molar-refractivity contribution < 1.29 is 38.6 Å². The lowest BCUT2D eigenvalue weighted by molar-refractivity contribution is -0.136. The number of hydrogen-bond acceptors (Lipinski definition) is 8. The van der Waals surface area contributed by atoms with Gasteiger partial charge in [0, 0.05) is 38.0 Å². The molecule has 4 aliphatic rings. The standard InChI is InChI=1S/C29H29N3O8/c33-25-8-7-24(26(34)30-25)32-27(35)22-6-5-19(15-23(22)28(32)36)40-21-13-20(14-21)39-18-9-11-31(12-10-18)17-3-1-16(2-4-17)29(37)38/h1-6,15,18,20-21,24H,7-14H2,(H,37,38)(H,30,33,34). The van der Waals surface area contributed by atoms with Crippen LogP contribution in [0.3, 0.4) is 0 Å². The lowest BCUT2D eigenvalue weighted by Gasteiger charge is -2.40. The fourth-order valence-corrected chi connectivity index (χ4v) is 5.78. The Labute approximate surface area is 230 Å². The molecule has 3 heterocycles. The molecule has 2 saturated heterocycles. The Bertz CT molecular complexity index is 1380. The van der Waals surface area contributed by atoms with Crippen molar-refractivity contribution in [2.45, 2.75) is 62.9 Å². The number of hydrogen-bond donors (Lipinski definition) is 2. The molecule has 1 aliphatic carbocycles. The number of carboxylic acids is 1. The van der Waals surface area contributed by atoms with Crippen molar-refractivity contribution in [1.82, 2.24) is 10.2 Å². The zero-order valence-electron chi connectivity index (χ0n) is 21.7. The molecule has 0 spiro atoms. The van der Waals surface area contributed by atoms with Crippen molar-refractivity contribution >= 4 is 35.3 Å². The van der Waals surface area contributed by atoms with Gasteiger partial charge in [-0.25, -0.2) is 4.79 Å². The van der Waals surface area contributed by atoms with Crippen molar-refractivity contribution in [3.05, 3.63) is 59.2 Å². The lowest BCUT2D eigenvalue weighted by atomic mass is 9.91. The molecular weight excluding hydrogens is 518 g/mol. The van der Waals surface area contributed by atoms with Crippen LogP contribution >= 0.6 is 0 Å². The molecule has 2 aromatic rings. The summed E-state index contributed by atoms with van der Waals surface area (Å²) in [4.78, 5) is 63.8. The Morgan fingerprint density at radius 2 is 1.55 bits per heavy atom. The van der Waals surface area contributed by atoms with E-state index in [9.17, 15) is 24.0 Å². The number of anilines is 1. The van der Waals surface area contributed by atoms with E-state index in [1.165, 1.54) is 0 Å². The summed E-state index contributed by atoms with van der Waals surface area (Å²) in [5.41, 5.74) is 1.71. The van der Waals surface area contributed by atoms with Crippen molar-refractivity contribution in [2.24, 2.45) is 0 Å². The van der Waals surface area contributed by atoms with Crippen LogP contribution < -0.4 is 15.0 Å². The van der Waals surface area contributed by atoms with Crippen LogP contribution in [-0.4, -0.2) is 77.0 Å². The van der Waals surface area contributed by atoms with Crippen LogP contribution in [0, 0.1) is 0 Å². The molecule has 3 fully saturated rings. The highest BCUT2D eigenvalue weighted by atomic mass is 16.5. The molecule has 0 aromatic heterocycles. The van der Waals surface area contributed by atoms with Crippen molar-refractivity contribution in [2.75, 3.05) is 18.0 Å². The summed E-state index contributed by atoms with van der Waals surface area (Å²) in [6.07, 6.45) is 3.59. The Morgan fingerprint density at radius 1 is 0.850 bits per heavy atom. The highest BCUT2D eigenvalue weighted by Crippen LogP contribution is 2.34. The van der Waals surface area contributed by atoms with Gasteiger partial charge in [-0.15, -0.1) is 0 Å². The fourth-order valence-electron chi connectivity index (χ4n) is 5.78. The maximum Gasteiger partial charge on any atom is 0.335 e. The van der Waals surface area contributed by atoms with E-state index >= 15 is 0 Å². The molecule has 1 saturated carbocycles. The second-order valence-electron chi connectivity index (χ2n) is 10.7. The lowest BCUT2D eigenvalue weighted by Crippen LogP contribution is -2.54. The minimum atomic E-state index is -0.997. The second kappa shape index (κ2) is 10.4. The molecule has 2 N–H and O–H groups in total. The third-order valence-corrected chi connectivity index (χ3v) is 8.07. The maximum absolute atomic E-state index is 13.0. The van der Waals surface area contributed by atoms with Crippen LogP contribution in [0.25, 0.3) is 0 Å². The third kappa shape index (κ3) is 4.92. The summed E-state index contributed by atoms with van der Waals surface area (Å²) >= 11 is 0. The maximum atomic E-state index is 13.0. The van der Waals surface area contributed by atoms with Gasteiger partial charge in [0.05, 0.1) is 28.9 Å². The molecule has 0 radical (unpaired) electrons. The highest BCUT2D eigenvalue weighted by Gasteiger charge is 2.45. The number of nitrogens with zero attached hydrogens (tertiary/aromatic N) is 2. The van der Waals surface area contributed by atoms with Crippen molar-refractivity contribution in [1.29, 1.82) is 0 Å². The first kappa shape index (κ1) is 26.0. The molecule has 4 amide bonds. The topological polar surface area (TPSA) is 143 Å². The molecule has 11 nitrogen and oxygen atoms in total. The number of fused-ring (bicyclic) bond motifs is 1. The molecular formula is C29H29N3O8. The van der Waals surface area contributed by atoms with Crippen LogP contribution in [0.1, 0.15) is 69.6 Å². The molecule has 11 heteroatoms. The Morgan fingerprint density at radius 3 is 2.23 bits per heavy atom. The van der Waals surface area contributed by atoms with E-state index in [1.807, 2.05) is 12.1 Å². The van der Waals surface area contributed by atoms with Crippen LogP contribution in [0.5, 0.6) is 5.75 Å². The van der Waals surface area contributed by atoms with Gasteiger partial charge in [0.15, 0.2) is 0 Å². The summed E-state index contributed by atoms with van der Waals surface area (Å²) < 4.78 is 12.3. The van der Waals surface area contributed by atoms with Gasteiger partial charge < -0.3 is 19.5 Å². The predicted octanol–water partition coefficient (Wildman–Crippen LogP) is 2.38. The monoisotopic (exact) mass is 547 g/mol. The first-order valence-corrected chi connectivity index (χ1v) is 13.5. The van der Waals surface area contributed by atoms with Crippen molar-refractivity contribution in [3.63, 3.8) is 0 Å². The van der Waals surface area contributed by atoms with Crippen LogP contribution in [0.4, 0.5) is 5.69 Å². The zero-order valence-corrected chi connectivity index (χ0v) is 21.7. The molecule has 208 valence electrons. The number of benzene rings is 2. The van der Waals surface area contributed by atoms with Gasteiger partial charge in [-0.2, -0.15) is 0 Å². The van der Waals surface area contributed by atoms with E-state index in [4.69, 9.17) is 14.6 Å². The molecule has 1 unspecified atom stereocenters. The largest absolute Gasteiger partial charge is 0.490 e. The number of piperidine rings is 2. The van der Waals surface area contributed by atoms with Gasteiger partial charge in [-0.3, -0.25) is 29.4 Å². The summed E-state index contributed by atoms with van der Waals surface area (Å²) in [5, 5.41) is 11.3. The van der Waals surface area contributed by atoms with Gasteiger partial charge in [0.1, 0.15) is 17.9 Å². The van der Waals surface area contributed by atoms with Gasteiger partial charge in [0.2, 0.25) is 11.8 Å². The Balaban J connectivity index is 0.978. The minimum absolute atomic E-state index is 0.0608. The summed E-state index contributed by atoms with van der Waals surface area (Å²) in [7, 11) is 0. The number of rotatable bonds is 7. The smallest absolute Gasteiger partial charge is 0.335 e.